The molecule has 2 rings (SSSR count). The Morgan fingerprint density at radius 3 is 2.55 bits per heavy atom. The molecule has 0 radical (unpaired) electrons. The summed E-state index contributed by atoms with van der Waals surface area (Å²) in [6, 6.07) is 0. The zero-order chi connectivity index (χ0) is 7.52. The van der Waals surface area contributed by atoms with Crippen molar-refractivity contribution in [2.75, 3.05) is 0 Å². The second-order valence-corrected chi connectivity index (χ2v) is 2.43. The molecule has 0 atom stereocenters. The van der Waals surface area contributed by atoms with E-state index in [2.05, 4.69) is 22.1 Å². The normalized spacial score (nSPS) is 16.0. The lowest BCUT2D eigenvalue weighted by molar-refractivity contribution is 0.974. The van der Waals surface area contributed by atoms with Gasteiger partial charge in [-0.05, 0) is 0 Å². The average Bonchev–Trinajstić information content (AvgIpc) is 2.58. The van der Waals surface area contributed by atoms with Crippen LogP contribution in [0.5, 0.6) is 0 Å². The van der Waals surface area contributed by atoms with Gasteiger partial charge >= 0.3 is 0 Å². The lowest BCUT2D eigenvalue weighted by Gasteiger charge is -2.01. The van der Waals surface area contributed by atoms with E-state index in [1.165, 1.54) is 0 Å². The first-order valence-corrected chi connectivity index (χ1v) is 3.58. The summed E-state index contributed by atoms with van der Waals surface area (Å²) in [5.41, 5.74) is 1.01. The summed E-state index contributed by atoms with van der Waals surface area (Å²) in [5.74, 6) is 0.337. The molecule has 0 unspecified atom stereocenters. The van der Waals surface area contributed by atoms with Gasteiger partial charge in [-0.25, -0.2) is 0 Å². The Balaban J connectivity index is 2.30. The minimum absolute atomic E-state index is 0.337. The summed E-state index contributed by atoms with van der Waals surface area (Å²) in [6.45, 7) is 0. The Morgan fingerprint density at radius 1 is 1.09 bits per heavy atom. The predicted molar refractivity (Wildman–Crippen MR) is 43.1 cm³/mol. The maximum Gasteiger partial charge on any atom is 0.0693 e. The van der Waals surface area contributed by atoms with Gasteiger partial charge in [-0.15, -0.1) is 0 Å². The molecule has 0 bridgehead atoms. The first kappa shape index (κ1) is 6.28. The molecule has 0 fully saturated rings. The second-order valence-electron chi connectivity index (χ2n) is 2.43. The minimum Gasteiger partial charge on any atom is -0.261 e. The Kier molecular flexibility index (Phi) is 1.52. The van der Waals surface area contributed by atoms with E-state index in [0.29, 0.717) is 5.92 Å². The molecule has 1 heterocycles. The van der Waals surface area contributed by atoms with Gasteiger partial charge in [0.25, 0.3) is 0 Å². The summed E-state index contributed by atoms with van der Waals surface area (Å²) in [6.07, 6.45) is 13.5. The topological polar surface area (TPSA) is 25.8 Å². The monoisotopic (exact) mass is 144 g/mol. The highest BCUT2D eigenvalue weighted by molar-refractivity contribution is 5.29. The summed E-state index contributed by atoms with van der Waals surface area (Å²) in [4.78, 5) is 8.19. The summed E-state index contributed by atoms with van der Waals surface area (Å²) in [5, 5.41) is 0. The van der Waals surface area contributed by atoms with Crippen molar-refractivity contribution < 1.29 is 0 Å². The molecule has 0 aliphatic heterocycles. The molecule has 54 valence electrons. The Bertz CT molecular complexity index is 276. The fraction of sp³-hybridized carbons (Fsp3) is 0.111. The van der Waals surface area contributed by atoms with Gasteiger partial charge in [0.15, 0.2) is 0 Å². The van der Waals surface area contributed by atoms with Crippen LogP contribution in [0, 0.1) is 0 Å². The third kappa shape index (κ3) is 1.19. The third-order valence-electron chi connectivity index (χ3n) is 1.67. The SMILES string of the molecule is C1=CC(c2cnccn2)C=C1. The van der Waals surface area contributed by atoms with Crippen LogP contribution in [0.4, 0.5) is 0 Å². The van der Waals surface area contributed by atoms with E-state index in [9.17, 15) is 0 Å². The van der Waals surface area contributed by atoms with Crippen molar-refractivity contribution in [3.63, 3.8) is 0 Å². The fourth-order valence-electron chi connectivity index (χ4n) is 1.11. The molecule has 0 aromatic carbocycles. The number of rotatable bonds is 1. The van der Waals surface area contributed by atoms with Gasteiger partial charge in [0, 0.05) is 24.5 Å². The Labute approximate surface area is 65.3 Å². The van der Waals surface area contributed by atoms with Crippen LogP contribution in [0.2, 0.25) is 0 Å². The lowest BCUT2D eigenvalue weighted by Crippen LogP contribution is -1.92. The molecule has 1 aromatic rings. The molecule has 2 heteroatoms. The minimum atomic E-state index is 0.337. The van der Waals surface area contributed by atoms with E-state index in [1.807, 2.05) is 12.2 Å². The molecule has 11 heavy (non-hydrogen) atoms. The van der Waals surface area contributed by atoms with Gasteiger partial charge in [0.1, 0.15) is 0 Å². The lowest BCUT2D eigenvalue weighted by atomic mass is 10.1. The first-order chi connectivity index (χ1) is 5.47. The van der Waals surface area contributed by atoms with Crippen molar-refractivity contribution >= 4 is 0 Å². The first-order valence-electron chi connectivity index (χ1n) is 3.58. The van der Waals surface area contributed by atoms with Crippen LogP contribution in [0.3, 0.4) is 0 Å². The van der Waals surface area contributed by atoms with Gasteiger partial charge in [0.05, 0.1) is 5.69 Å². The zero-order valence-corrected chi connectivity index (χ0v) is 6.01. The molecule has 0 saturated heterocycles. The molecule has 0 N–H and O–H groups in total. The molecule has 1 aliphatic carbocycles. The van der Waals surface area contributed by atoms with Crippen LogP contribution in [0.1, 0.15) is 11.6 Å². The van der Waals surface area contributed by atoms with Crippen LogP contribution in [-0.4, -0.2) is 9.97 Å². The predicted octanol–water partition coefficient (Wildman–Crippen LogP) is 1.69. The Morgan fingerprint density at radius 2 is 1.91 bits per heavy atom. The van der Waals surface area contributed by atoms with Crippen LogP contribution in [0.25, 0.3) is 0 Å². The van der Waals surface area contributed by atoms with Gasteiger partial charge in [0.2, 0.25) is 0 Å². The molecule has 0 saturated carbocycles. The smallest absolute Gasteiger partial charge is 0.0693 e. The van der Waals surface area contributed by atoms with Crippen molar-refractivity contribution in [2.45, 2.75) is 5.92 Å². The van der Waals surface area contributed by atoms with Gasteiger partial charge in [-0.1, -0.05) is 24.3 Å². The van der Waals surface area contributed by atoms with Crippen molar-refractivity contribution in [2.24, 2.45) is 0 Å². The third-order valence-corrected chi connectivity index (χ3v) is 1.67. The van der Waals surface area contributed by atoms with Crippen molar-refractivity contribution in [3.8, 4) is 0 Å². The number of hydrogen-bond acceptors (Lipinski definition) is 2. The van der Waals surface area contributed by atoms with E-state index >= 15 is 0 Å². The average molecular weight is 144 g/mol. The summed E-state index contributed by atoms with van der Waals surface area (Å²) >= 11 is 0. The fourth-order valence-corrected chi connectivity index (χ4v) is 1.11. The molecular formula is C9H8N2. The van der Waals surface area contributed by atoms with E-state index in [-0.39, 0.29) is 0 Å². The number of allylic oxidation sites excluding steroid dienone is 4. The van der Waals surface area contributed by atoms with Crippen LogP contribution in [0.15, 0.2) is 42.9 Å². The van der Waals surface area contributed by atoms with Crippen molar-refractivity contribution in [1.82, 2.24) is 9.97 Å². The van der Waals surface area contributed by atoms with E-state index < -0.39 is 0 Å². The summed E-state index contributed by atoms with van der Waals surface area (Å²) < 4.78 is 0. The van der Waals surface area contributed by atoms with Crippen LogP contribution in [-0.2, 0) is 0 Å². The van der Waals surface area contributed by atoms with Crippen molar-refractivity contribution in [3.05, 3.63) is 48.6 Å². The quantitative estimate of drug-likeness (QED) is 0.599. The highest BCUT2D eigenvalue weighted by atomic mass is 14.8. The molecule has 1 aliphatic rings. The van der Waals surface area contributed by atoms with Gasteiger partial charge in [-0.3, -0.25) is 9.97 Å². The molecule has 0 amide bonds. The van der Waals surface area contributed by atoms with Crippen LogP contribution >= 0.6 is 0 Å². The standard InChI is InChI=1S/C9H8N2/c1-2-4-8(3-1)9-7-10-5-6-11-9/h1-8H. The largest absolute Gasteiger partial charge is 0.261 e. The maximum absolute atomic E-state index is 4.20. The zero-order valence-electron chi connectivity index (χ0n) is 6.01. The Hall–Kier alpha value is -1.44. The number of aromatic nitrogens is 2. The maximum atomic E-state index is 4.20. The second kappa shape index (κ2) is 2.66. The van der Waals surface area contributed by atoms with Gasteiger partial charge in [-0.2, -0.15) is 0 Å². The highest BCUT2D eigenvalue weighted by Crippen LogP contribution is 2.19. The molecular weight excluding hydrogens is 136 g/mol. The molecule has 0 spiro atoms. The number of nitrogens with zero attached hydrogens (tertiary/aromatic N) is 2. The van der Waals surface area contributed by atoms with E-state index in [0.717, 1.165) is 5.69 Å². The van der Waals surface area contributed by atoms with Gasteiger partial charge < -0.3 is 0 Å². The molecule has 1 aromatic heterocycles. The molecule has 2 nitrogen and oxygen atoms in total. The van der Waals surface area contributed by atoms with E-state index in [4.69, 9.17) is 0 Å². The van der Waals surface area contributed by atoms with Crippen molar-refractivity contribution in [1.29, 1.82) is 0 Å². The van der Waals surface area contributed by atoms with E-state index in [1.54, 1.807) is 18.6 Å². The summed E-state index contributed by atoms with van der Waals surface area (Å²) in [7, 11) is 0. The number of hydrogen-bond donors (Lipinski definition) is 0. The van der Waals surface area contributed by atoms with Crippen LogP contribution < -0.4 is 0 Å². The highest BCUT2D eigenvalue weighted by Gasteiger charge is 2.06.